The lowest BCUT2D eigenvalue weighted by atomic mass is 10.3. The third-order valence-electron chi connectivity index (χ3n) is 1.20. The molecule has 10 heavy (non-hydrogen) atoms. The summed E-state index contributed by atoms with van der Waals surface area (Å²) in [6.45, 7) is 7.18. The Balaban J connectivity index is 4.02. The smallest absolute Gasteiger partial charge is 0.250 e. The number of aliphatic hydroxyl groups is 1. The maximum Gasteiger partial charge on any atom is 0.250 e. The van der Waals surface area contributed by atoms with Crippen molar-refractivity contribution in [1.82, 2.24) is 4.90 Å². The minimum atomic E-state index is -0.234. The van der Waals surface area contributed by atoms with E-state index in [-0.39, 0.29) is 12.6 Å². The Labute approximate surface area is 61.0 Å². The van der Waals surface area contributed by atoms with Crippen molar-refractivity contribution in [3.8, 4) is 0 Å². The molecule has 0 aromatic heterocycles. The second-order valence-corrected chi connectivity index (χ2v) is 2.08. The molecule has 0 bridgehead atoms. The molecule has 0 rings (SSSR count). The van der Waals surface area contributed by atoms with Gasteiger partial charge in [0.05, 0.1) is 0 Å². The summed E-state index contributed by atoms with van der Waals surface area (Å²) >= 11 is 0. The van der Waals surface area contributed by atoms with Gasteiger partial charge in [0.1, 0.15) is 6.73 Å². The Morgan fingerprint density at radius 2 is 2.20 bits per heavy atom. The molecule has 1 N–H and O–H groups in total. The van der Waals surface area contributed by atoms with Crippen molar-refractivity contribution in [1.29, 1.82) is 0 Å². The number of amides is 1. The highest BCUT2D eigenvalue weighted by atomic mass is 16.3. The lowest BCUT2D eigenvalue weighted by Crippen LogP contribution is -2.31. The van der Waals surface area contributed by atoms with Crippen molar-refractivity contribution in [2.75, 3.05) is 13.3 Å². The van der Waals surface area contributed by atoms with Gasteiger partial charge in [0.15, 0.2) is 0 Å². The first-order chi connectivity index (χ1) is 4.63. The second kappa shape index (κ2) is 4.06. The fourth-order valence-corrected chi connectivity index (χ4v) is 0.578. The highest BCUT2D eigenvalue weighted by Gasteiger charge is 2.09. The van der Waals surface area contributed by atoms with E-state index in [1.807, 2.05) is 0 Å². The molecule has 0 radical (unpaired) electrons. The van der Waals surface area contributed by atoms with Crippen molar-refractivity contribution < 1.29 is 9.90 Å². The Hall–Kier alpha value is -0.830. The summed E-state index contributed by atoms with van der Waals surface area (Å²) < 4.78 is 0. The van der Waals surface area contributed by atoms with E-state index in [4.69, 9.17) is 5.11 Å². The molecular formula is C7H13NO2. The van der Waals surface area contributed by atoms with E-state index in [9.17, 15) is 4.79 Å². The maximum atomic E-state index is 11.0. The molecule has 3 nitrogen and oxygen atoms in total. The summed E-state index contributed by atoms with van der Waals surface area (Å²) in [5.41, 5.74) is 0.455. The molecule has 0 atom stereocenters. The fourth-order valence-electron chi connectivity index (χ4n) is 0.578. The summed E-state index contributed by atoms with van der Waals surface area (Å²) in [6.07, 6.45) is 0. The lowest BCUT2D eigenvalue weighted by Gasteiger charge is -2.16. The van der Waals surface area contributed by atoms with Crippen molar-refractivity contribution in [2.24, 2.45) is 0 Å². The first kappa shape index (κ1) is 9.17. The van der Waals surface area contributed by atoms with Crippen LogP contribution in [-0.4, -0.2) is 29.2 Å². The molecule has 0 fully saturated rings. The summed E-state index contributed by atoms with van der Waals surface area (Å²) in [7, 11) is 0. The quantitative estimate of drug-likeness (QED) is 0.458. The number of aliphatic hydroxyl groups excluding tert-OH is 1. The van der Waals surface area contributed by atoms with Gasteiger partial charge in [0, 0.05) is 12.1 Å². The van der Waals surface area contributed by atoms with Gasteiger partial charge in [0.25, 0.3) is 5.91 Å². The molecule has 0 aliphatic heterocycles. The topological polar surface area (TPSA) is 40.5 Å². The molecule has 0 heterocycles. The summed E-state index contributed by atoms with van der Waals surface area (Å²) in [5.74, 6) is -0.190. The van der Waals surface area contributed by atoms with E-state index in [1.165, 1.54) is 4.90 Å². The van der Waals surface area contributed by atoms with Crippen LogP contribution in [0.5, 0.6) is 0 Å². The van der Waals surface area contributed by atoms with Crippen LogP contribution in [0.3, 0.4) is 0 Å². The van der Waals surface area contributed by atoms with E-state index in [0.717, 1.165) is 0 Å². The zero-order valence-corrected chi connectivity index (χ0v) is 6.42. The Bertz CT molecular complexity index is 139. The average Bonchev–Trinajstić information content (AvgIpc) is 1.90. The second-order valence-electron chi connectivity index (χ2n) is 2.08. The van der Waals surface area contributed by atoms with Crippen molar-refractivity contribution in [3.05, 3.63) is 12.2 Å². The number of carbonyl (C=O) groups is 1. The zero-order valence-electron chi connectivity index (χ0n) is 6.42. The Morgan fingerprint density at radius 3 is 2.30 bits per heavy atom. The van der Waals surface area contributed by atoms with Crippen LogP contribution in [0.1, 0.15) is 13.8 Å². The summed E-state index contributed by atoms with van der Waals surface area (Å²) in [6, 6.07) is 0. The van der Waals surface area contributed by atoms with Gasteiger partial charge in [-0.2, -0.15) is 0 Å². The van der Waals surface area contributed by atoms with Crippen LogP contribution in [0.2, 0.25) is 0 Å². The molecule has 0 unspecified atom stereocenters. The molecule has 3 heteroatoms. The van der Waals surface area contributed by atoms with Crippen LogP contribution in [0.4, 0.5) is 0 Å². The molecule has 0 aliphatic rings. The fraction of sp³-hybridized carbons (Fsp3) is 0.571. The molecule has 0 spiro atoms. The maximum absolute atomic E-state index is 11.0. The van der Waals surface area contributed by atoms with Gasteiger partial charge in [-0.3, -0.25) is 4.79 Å². The largest absolute Gasteiger partial charge is 0.376 e. The van der Waals surface area contributed by atoms with E-state index in [0.29, 0.717) is 12.1 Å². The molecule has 0 saturated carbocycles. The third kappa shape index (κ3) is 2.19. The SMILES string of the molecule is C=C(C)C(=O)N(CC)CO. The number of likely N-dealkylation sites (N-methyl/N-ethyl adjacent to an activating group) is 1. The first-order valence-corrected chi connectivity index (χ1v) is 3.19. The predicted octanol–water partition coefficient (Wildman–Crippen LogP) is 0.361. The molecule has 0 saturated heterocycles. The van der Waals surface area contributed by atoms with Crippen LogP contribution in [0, 0.1) is 0 Å². The van der Waals surface area contributed by atoms with Gasteiger partial charge >= 0.3 is 0 Å². The highest BCUT2D eigenvalue weighted by Crippen LogP contribution is 1.95. The molecule has 58 valence electrons. The van der Waals surface area contributed by atoms with Crippen molar-refractivity contribution in [2.45, 2.75) is 13.8 Å². The number of carbonyl (C=O) groups excluding carboxylic acids is 1. The predicted molar refractivity (Wildman–Crippen MR) is 39.3 cm³/mol. The minimum absolute atomic E-state index is 0.190. The minimum Gasteiger partial charge on any atom is -0.376 e. The van der Waals surface area contributed by atoms with Crippen molar-refractivity contribution in [3.63, 3.8) is 0 Å². The molecule has 1 amide bonds. The van der Waals surface area contributed by atoms with Gasteiger partial charge in [-0.15, -0.1) is 0 Å². The molecule has 0 aromatic carbocycles. The van der Waals surface area contributed by atoms with Crippen LogP contribution in [-0.2, 0) is 4.79 Å². The third-order valence-corrected chi connectivity index (χ3v) is 1.20. The van der Waals surface area contributed by atoms with Crippen LogP contribution >= 0.6 is 0 Å². The van der Waals surface area contributed by atoms with Gasteiger partial charge in [-0.1, -0.05) is 6.58 Å². The lowest BCUT2D eigenvalue weighted by molar-refractivity contribution is -0.130. The molecule has 0 aliphatic carbocycles. The molecule has 0 aromatic rings. The number of nitrogens with zero attached hydrogens (tertiary/aromatic N) is 1. The number of rotatable bonds is 3. The van der Waals surface area contributed by atoms with Crippen molar-refractivity contribution >= 4 is 5.91 Å². The van der Waals surface area contributed by atoms with Gasteiger partial charge in [-0.25, -0.2) is 0 Å². The van der Waals surface area contributed by atoms with Crippen LogP contribution in [0.15, 0.2) is 12.2 Å². The van der Waals surface area contributed by atoms with Crippen LogP contribution < -0.4 is 0 Å². The Kier molecular flexibility index (Phi) is 3.72. The van der Waals surface area contributed by atoms with E-state index >= 15 is 0 Å². The van der Waals surface area contributed by atoms with Gasteiger partial charge in [0.2, 0.25) is 0 Å². The highest BCUT2D eigenvalue weighted by molar-refractivity contribution is 5.92. The van der Waals surface area contributed by atoms with Crippen LogP contribution in [0.25, 0.3) is 0 Å². The van der Waals surface area contributed by atoms with Gasteiger partial charge < -0.3 is 10.0 Å². The summed E-state index contributed by atoms with van der Waals surface area (Å²) in [4.78, 5) is 12.3. The zero-order chi connectivity index (χ0) is 8.15. The average molecular weight is 143 g/mol. The normalized spacial score (nSPS) is 9.10. The van der Waals surface area contributed by atoms with E-state index in [1.54, 1.807) is 13.8 Å². The first-order valence-electron chi connectivity index (χ1n) is 3.19. The number of hydrogen-bond donors (Lipinski definition) is 1. The van der Waals surface area contributed by atoms with Gasteiger partial charge in [-0.05, 0) is 13.8 Å². The monoisotopic (exact) mass is 143 g/mol. The Morgan fingerprint density at radius 1 is 1.70 bits per heavy atom. The van der Waals surface area contributed by atoms with E-state index in [2.05, 4.69) is 6.58 Å². The molecular weight excluding hydrogens is 130 g/mol. The van der Waals surface area contributed by atoms with E-state index < -0.39 is 0 Å². The number of hydrogen-bond acceptors (Lipinski definition) is 2. The standard InChI is InChI=1S/C7H13NO2/c1-4-8(5-9)7(10)6(2)3/h9H,2,4-5H2,1,3H3. The summed E-state index contributed by atoms with van der Waals surface area (Å²) in [5, 5.41) is 8.61.